The molecule has 1 nitrogen and oxygen atoms in total. The van der Waals surface area contributed by atoms with Crippen LogP contribution in [0.25, 0.3) is 0 Å². The van der Waals surface area contributed by atoms with E-state index < -0.39 is 0 Å². The normalized spacial score (nSPS) is 30.0. The molecule has 1 aliphatic heterocycles. The Balaban J connectivity index is 2.78. The summed E-state index contributed by atoms with van der Waals surface area (Å²) < 4.78 is 2.84. The summed E-state index contributed by atoms with van der Waals surface area (Å²) in [6.45, 7) is 8.56. The highest BCUT2D eigenvalue weighted by Gasteiger charge is 2.09. The van der Waals surface area contributed by atoms with Gasteiger partial charge in [-0.2, -0.15) is 0 Å². The number of hydrogen-bond acceptors (Lipinski definition) is 1. The third-order valence-electron chi connectivity index (χ3n) is 2.28. The van der Waals surface area contributed by atoms with Gasteiger partial charge >= 0.3 is 0 Å². The van der Waals surface area contributed by atoms with Crippen LogP contribution in [0.2, 0.25) is 0 Å². The van der Waals surface area contributed by atoms with E-state index in [0.29, 0.717) is 5.92 Å². The zero-order valence-electron chi connectivity index (χ0n) is 8.44. The molecule has 1 rings (SSSR count). The van der Waals surface area contributed by atoms with Crippen LogP contribution in [0.3, 0.4) is 0 Å². The van der Waals surface area contributed by atoms with Gasteiger partial charge in [0.2, 0.25) is 0 Å². The molecule has 13 heavy (non-hydrogen) atoms. The van der Waals surface area contributed by atoms with Gasteiger partial charge in [0.25, 0.3) is 0 Å². The largest absolute Gasteiger partial charge is 0.402 e. The van der Waals surface area contributed by atoms with Crippen molar-refractivity contribution < 1.29 is 0 Å². The SMILES string of the molecule is C=C1CC(C)=IC/C=C(/N)C(C)C1. The first-order valence-electron chi connectivity index (χ1n) is 4.63. The van der Waals surface area contributed by atoms with Gasteiger partial charge in [0.15, 0.2) is 0 Å². The van der Waals surface area contributed by atoms with Crippen LogP contribution in [0, 0.1) is 5.92 Å². The highest BCUT2D eigenvalue weighted by molar-refractivity contribution is 14.2. The first kappa shape index (κ1) is 11.0. The molecule has 0 bridgehead atoms. The molecule has 0 spiro atoms. The minimum Gasteiger partial charge on any atom is -0.402 e. The molecule has 0 fully saturated rings. The van der Waals surface area contributed by atoms with Gasteiger partial charge in [-0.05, 0) is 29.2 Å². The molecule has 1 unspecified atom stereocenters. The molecule has 2 N–H and O–H groups in total. The maximum absolute atomic E-state index is 5.95. The van der Waals surface area contributed by atoms with Crippen molar-refractivity contribution in [3.8, 4) is 0 Å². The number of halogens is 1. The summed E-state index contributed by atoms with van der Waals surface area (Å²) in [5.74, 6) is 0.488. The fourth-order valence-corrected chi connectivity index (χ4v) is 3.76. The molecule has 0 aromatic heterocycles. The second-order valence-electron chi connectivity index (χ2n) is 3.70. The second kappa shape index (κ2) is 4.94. The Morgan fingerprint density at radius 1 is 1.62 bits per heavy atom. The number of alkyl halides is 1. The summed E-state index contributed by atoms with van der Waals surface area (Å²) >= 11 is 0.215. The van der Waals surface area contributed by atoms with E-state index in [1.807, 2.05) is 0 Å². The molecule has 1 heterocycles. The average Bonchev–Trinajstić information content (AvgIpc) is 2.06. The van der Waals surface area contributed by atoms with Crippen LogP contribution in [0.15, 0.2) is 23.9 Å². The van der Waals surface area contributed by atoms with Gasteiger partial charge in [-0.1, -0.05) is 25.2 Å². The smallest absolute Gasteiger partial charge is 0.0147 e. The van der Waals surface area contributed by atoms with Crippen LogP contribution >= 0.6 is 20.7 Å². The maximum atomic E-state index is 5.95. The lowest BCUT2D eigenvalue weighted by atomic mass is 9.96. The Labute approximate surface area is 90.8 Å². The number of allylic oxidation sites excluding steroid dienone is 3. The van der Waals surface area contributed by atoms with Gasteiger partial charge in [0, 0.05) is 10.1 Å². The lowest BCUT2D eigenvalue weighted by molar-refractivity contribution is 0.660. The monoisotopic (exact) mass is 291 g/mol. The van der Waals surface area contributed by atoms with E-state index in [1.54, 1.807) is 3.51 Å². The van der Waals surface area contributed by atoms with Crippen molar-refractivity contribution in [3.05, 3.63) is 23.9 Å². The lowest BCUT2D eigenvalue weighted by Gasteiger charge is -2.12. The van der Waals surface area contributed by atoms with Crippen molar-refractivity contribution in [1.29, 1.82) is 0 Å². The Kier molecular flexibility index (Phi) is 4.16. The minimum absolute atomic E-state index is 0.215. The lowest BCUT2D eigenvalue weighted by Crippen LogP contribution is -2.09. The average molecular weight is 291 g/mol. The summed E-state index contributed by atoms with van der Waals surface area (Å²) in [6, 6.07) is 0. The zero-order valence-corrected chi connectivity index (χ0v) is 10.6. The van der Waals surface area contributed by atoms with Crippen molar-refractivity contribution >= 4 is 24.2 Å². The van der Waals surface area contributed by atoms with Crippen molar-refractivity contribution in [2.24, 2.45) is 11.7 Å². The van der Waals surface area contributed by atoms with Crippen molar-refractivity contribution in [2.45, 2.75) is 26.7 Å². The van der Waals surface area contributed by atoms with E-state index in [9.17, 15) is 0 Å². The van der Waals surface area contributed by atoms with Crippen LogP contribution in [-0.2, 0) is 0 Å². The summed E-state index contributed by atoms with van der Waals surface area (Å²) in [5.41, 5.74) is 8.37. The van der Waals surface area contributed by atoms with Gasteiger partial charge in [-0.25, -0.2) is 0 Å². The van der Waals surface area contributed by atoms with Gasteiger partial charge in [0.1, 0.15) is 0 Å². The van der Waals surface area contributed by atoms with E-state index in [0.717, 1.165) is 18.5 Å². The van der Waals surface area contributed by atoms with Gasteiger partial charge in [-0.15, -0.1) is 20.7 Å². The molecule has 0 aromatic rings. The highest BCUT2D eigenvalue weighted by atomic mass is 127. The molecule has 0 radical (unpaired) electrons. The zero-order chi connectivity index (χ0) is 9.84. The highest BCUT2D eigenvalue weighted by Crippen LogP contribution is 2.22. The van der Waals surface area contributed by atoms with E-state index >= 15 is 0 Å². The molecule has 0 amide bonds. The van der Waals surface area contributed by atoms with E-state index in [1.165, 1.54) is 10.0 Å². The topological polar surface area (TPSA) is 26.0 Å². The molecule has 74 valence electrons. The summed E-state index contributed by atoms with van der Waals surface area (Å²) in [7, 11) is 0. The maximum Gasteiger partial charge on any atom is 0.0147 e. The van der Waals surface area contributed by atoms with Crippen molar-refractivity contribution in [2.75, 3.05) is 4.43 Å². The Morgan fingerprint density at radius 3 is 3.00 bits per heavy atom. The molecule has 0 aromatic carbocycles. The van der Waals surface area contributed by atoms with E-state index in [-0.39, 0.29) is 20.7 Å². The van der Waals surface area contributed by atoms with Gasteiger partial charge < -0.3 is 5.73 Å². The van der Waals surface area contributed by atoms with Gasteiger partial charge in [-0.3, -0.25) is 0 Å². The third kappa shape index (κ3) is 3.63. The standard InChI is InChI=1S/C11H18IN/c1-8-6-9(2)11(13)4-5-12-10(3)7-8/h4,9H,1,5-7,13H2,2-3H3/b11-4+. The van der Waals surface area contributed by atoms with Crippen molar-refractivity contribution in [3.63, 3.8) is 0 Å². The Hall–Kier alpha value is -0.120. The third-order valence-corrected chi connectivity index (χ3v) is 4.84. The van der Waals surface area contributed by atoms with Crippen LogP contribution in [0.4, 0.5) is 0 Å². The second-order valence-corrected chi connectivity index (χ2v) is 7.19. The fourth-order valence-electron chi connectivity index (χ4n) is 1.48. The first-order valence-corrected chi connectivity index (χ1v) is 7.23. The Bertz CT molecular complexity index is 263. The summed E-state index contributed by atoms with van der Waals surface area (Å²) in [4.78, 5) is 0. The predicted octanol–water partition coefficient (Wildman–Crippen LogP) is 2.98. The molecular weight excluding hydrogens is 273 g/mol. The number of nitrogens with two attached hydrogens (primary N) is 1. The van der Waals surface area contributed by atoms with Crippen LogP contribution in [-0.4, -0.2) is 7.94 Å². The van der Waals surface area contributed by atoms with Crippen molar-refractivity contribution in [1.82, 2.24) is 0 Å². The molecule has 1 atom stereocenters. The number of rotatable bonds is 0. The van der Waals surface area contributed by atoms with Crippen LogP contribution in [0.1, 0.15) is 26.7 Å². The Morgan fingerprint density at radius 2 is 2.31 bits per heavy atom. The quantitative estimate of drug-likeness (QED) is 0.414. The predicted molar refractivity (Wildman–Crippen MR) is 69.4 cm³/mol. The molecule has 1 aliphatic rings. The minimum atomic E-state index is 0.215. The first-order chi connectivity index (χ1) is 6.09. The van der Waals surface area contributed by atoms with Crippen LogP contribution < -0.4 is 5.73 Å². The van der Waals surface area contributed by atoms with E-state index in [2.05, 4.69) is 26.5 Å². The van der Waals surface area contributed by atoms with E-state index in [4.69, 9.17) is 5.73 Å². The summed E-state index contributed by atoms with van der Waals surface area (Å²) in [5, 5.41) is 0. The molecular formula is C11H18IN. The molecule has 2 heteroatoms. The molecule has 0 saturated carbocycles. The van der Waals surface area contributed by atoms with Gasteiger partial charge in [0.05, 0.1) is 0 Å². The number of hydrogen-bond donors (Lipinski definition) is 1. The summed E-state index contributed by atoms with van der Waals surface area (Å²) in [6.07, 6.45) is 4.42. The van der Waals surface area contributed by atoms with Crippen LogP contribution in [0.5, 0.6) is 0 Å². The fraction of sp³-hybridized carbons (Fsp3) is 0.545. The molecule has 0 aliphatic carbocycles. The molecule has 0 saturated heterocycles.